The summed E-state index contributed by atoms with van der Waals surface area (Å²) < 4.78 is 5.17. The highest BCUT2D eigenvalue weighted by molar-refractivity contribution is 5.90. The van der Waals surface area contributed by atoms with Gasteiger partial charge in [0.05, 0.1) is 6.26 Å². The average Bonchev–Trinajstić information content (AvgIpc) is 3.08. The normalized spacial score (nSPS) is 13.4. The predicted octanol–water partition coefficient (Wildman–Crippen LogP) is 3.76. The van der Waals surface area contributed by atoms with Gasteiger partial charge < -0.3 is 25.1 Å². The highest BCUT2D eigenvalue weighted by Crippen LogP contribution is 2.21. The number of hydrogen-bond donors (Lipinski definition) is 3. The van der Waals surface area contributed by atoms with Crippen LogP contribution in [0.4, 0.5) is 16.2 Å². The Kier molecular flexibility index (Phi) is 6.47. The minimum absolute atomic E-state index is 0.207. The number of anilines is 2. The first-order valence-corrected chi connectivity index (χ1v) is 8.48. The molecule has 0 bridgehead atoms. The van der Waals surface area contributed by atoms with E-state index in [9.17, 15) is 9.90 Å². The van der Waals surface area contributed by atoms with Gasteiger partial charge in [0.2, 0.25) is 0 Å². The molecule has 0 radical (unpaired) electrons. The van der Waals surface area contributed by atoms with Gasteiger partial charge in [0.15, 0.2) is 0 Å². The fraction of sp³-hybridized carbons (Fsp3) is 0.421. The zero-order valence-corrected chi connectivity index (χ0v) is 15.2. The number of urea groups is 1. The molecule has 2 unspecified atom stereocenters. The van der Waals surface area contributed by atoms with Crippen molar-refractivity contribution in [2.24, 2.45) is 0 Å². The van der Waals surface area contributed by atoms with Gasteiger partial charge >= 0.3 is 6.03 Å². The molecule has 1 aromatic heterocycles. The molecular formula is C19H27N3O3. The molecule has 3 N–H and O–H groups in total. The van der Waals surface area contributed by atoms with Crippen LogP contribution in [0.1, 0.15) is 39.1 Å². The Balaban J connectivity index is 1.88. The third-order valence-electron chi connectivity index (χ3n) is 4.11. The predicted molar refractivity (Wildman–Crippen MR) is 99.9 cm³/mol. The van der Waals surface area contributed by atoms with Gasteiger partial charge in [-0.15, -0.1) is 0 Å². The lowest BCUT2D eigenvalue weighted by Gasteiger charge is -2.24. The maximum Gasteiger partial charge on any atom is 0.319 e. The summed E-state index contributed by atoms with van der Waals surface area (Å²) >= 11 is 0. The van der Waals surface area contributed by atoms with E-state index in [1.54, 1.807) is 12.1 Å². The fourth-order valence-electron chi connectivity index (χ4n) is 2.48. The lowest BCUT2D eigenvalue weighted by Crippen LogP contribution is -2.37. The molecule has 0 spiro atoms. The topological polar surface area (TPSA) is 77.7 Å². The van der Waals surface area contributed by atoms with Crippen molar-refractivity contribution < 1.29 is 14.3 Å². The Labute approximate surface area is 148 Å². The third kappa shape index (κ3) is 5.53. The van der Waals surface area contributed by atoms with Crippen molar-refractivity contribution in [2.75, 3.05) is 17.3 Å². The van der Waals surface area contributed by atoms with E-state index >= 15 is 0 Å². The number of carbonyl (C=O) groups is 1. The minimum Gasteiger partial charge on any atom is -0.467 e. The zero-order chi connectivity index (χ0) is 18.4. The maximum absolute atomic E-state index is 12.2. The second-order valence-electron chi connectivity index (χ2n) is 6.52. The Hall–Kier alpha value is -2.47. The molecule has 0 saturated heterocycles. The van der Waals surface area contributed by atoms with Gasteiger partial charge in [-0.3, -0.25) is 0 Å². The second kappa shape index (κ2) is 8.58. The van der Waals surface area contributed by atoms with Crippen molar-refractivity contribution in [1.29, 1.82) is 0 Å². The molecule has 6 nitrogen and oxygen atoms in total. The van der Waals surface area contributed by atoms with Crippen molar-refractivity contribution in [1.82, 2.24) is 5.32 Å². The molecule has 2 aromatic rings. The van der Waals surface area contributed by atoms with E-state index in [2.05, 4.69) is 29.4 Å². The number of nitrogens with zero attached hydrogens (tertiary/aromatic N) is 1. The molecular weight excluding hydrogens is 318 g/mol. The first-order valence-electron chi connectivity index (χ1n) is 8.48. The zero-order valence-electron chi connectivity index (χ0n) is 15.2. The van der Waals surface area contributed by atoms with Crippen LogP contribution in [0.15, 0.2) is 47.1 Å². The standard InChI is InChI=1S/C19H27N3O3/c1-13(2)22(4)16-8-5-7-15(12-16)21-19(24)20-14(3)11-17(23)18-9-6-10-25-18/h5-10,12-14,17,23H,11H2,1-4H3,(H2,20,21,24). The fourth-order valence-corrected chi connectivity index (χ4v) is 2.48. The summed E-state index contributed by atoms with van der Waals surface area (Å²) in [5, 5.41) is 15.7. The van der Waals surface area contributed by atoms with Crippen molar-refractivity contribution >= 4 is 17.4 Å². The SMILES string of the molecule is CC(CC(O)c1ccco1)NC(=O)Nc1cccc(N(C)C(C)C)c1. The number of rotatable bonds is 7. The van der Waals surface area contributed by atoms with E-state index in [0.717, 1.165) is 11.4 Å². The first kappa shape index (κ1) is 18.9. The summed E-state index contributed by atoms with van der Waals surface area (Å²) in [6.45, 7) is 6.06. The Morgan fingerprint density at radius 2 is 2.00 bits per heavy atom. The van der Waals surface area contributed by atoms with Crippen LogP contribution >= 0.6 is 0 Å². The van der Waals surface area contributed by atoms with Gasteiger partial charge in [0.1, 0.15) is 11.9 Å². The van der Waals surface area contributed by atoms with Crippen LogP contribution in [0.2, 0.25) is 0 Å². The summed E-state index contributed by atoms with van der Waals surface area (Å²) in [6.07, 6.45) is 1.15. The lowest BCUT2D eigenvalue weighted by atomic mass is 10.1. The van der Waals surface area contributed by atoms with Crippen LogP contribution < -0.4 is 15.5 Å². The van der Waals surface area contributed by atoms with E-state index < -0.39 is 6.10 Å². The maximum atomic E-state index is 12.2. The van der Waals surface area contributed by atoms with Gasteiger partial charge in [-0.25, -0.2) is 4.79 Å². The van der Waals surface area contributed by atoms with E-state index in [4.69, 9.17) is 4.42 Å². The van der Waals surface area contributed by atoms with Gasteiger partial charge in [0, 0.05) is 36.9 Å². The third-order valence-corrected chi connectivity index (χ3v) is 4.11. The van der Waals surface area contributed by atoms with Crippen LogP contribution in [0, 0.1) is 0 Å². The van der Waals surface area contributed by atoms with Gasteiger partial charge in [-0.1, -0.05) is 6.07 Å². The number of nitrogens with one attached hydrogen (secondary N) is 2. The number of aliphatic hydroxyl groups is 1. The molecule has 2 amide bonds. The monoisotopic (exact) mass is 345 g/mol. The van der Waals surface area contributed by atoms with Crippen LogP contribution in [-0.2, 0) is 0 Å². The molecule has 0 aliphatic carbocycles. The average molecular weight is 345 g/mol. The summed E-state index contributed by atoms with van der Waals surface area (Å²) in [6, 6.07) is 11.0. The molecule has 6 heteroatoms. The van der Waals surface area contributed by atoms with Crippen LogP contribution in [-0.4, -0.2) is 30.3 Å². The summed E-state index contributed by atoms with van der Waals surface area (Å²) in [5.74, 6) is 0.499. The van der Waals surface area contributed by atoms with Crippen molar-refractivity contribution in [3.8, 4) is 0 Å². The van der Waals surface area contributed by atoms with Gasteiger partial charge in [0.25, 0.3) is 0 Å². The summed E-state index contributed by atoms with van der Waals surface area (Å²) in [7, 11) is 2.02. The highest BCUT2D eigenvalue weighted by Gasteiger charge is 2.16. The molecule has 0 saturated carbocycles. The van der Waals surface area contributed by atoms with Crippen molar-refractivity contribution in [3.05, 3.63) is 48.4 Å². The smallest absolute Gasteiger partial charge is 0.319 e. The molecule has 0 fully saturated rings. The molecule has 2 rings (SSSR count). The molecule has 0 aliphatic rings. The number of hydrogen-bond acceptors (Lipinski definition) is 4. The van der Waals surface area contributed by atoms with E-state index in [0.29, 0.717) is 18.2 Å². The molecule has 1 heterocycles. The summed E-state index contributed by atoms with van der Waals surface area (Å²) in [5.41, 5.74) is 1.76. The Morgan fingerprint density at radius 3 is 2.64 bits per heavy atom. The number of carbonyl (C=O) groups excluding carboxylic acids is 1. The van der Waals surface area contributed by atoms with E-state index in [1.165, 1.54) is 6.26 Å². The second-order valence-corrected chi connectivity index (χ2v) is 6.52. The Morgan fingerprint density at radius 1 is 1.24 bits per heavy atom. The number of furan rings is 1. The Bertz CT molecular complexity index is 670. The van der Waals surface area contributed by atoms with Gasteiger partial charge in [-0.2, -0.15) is 0 Å². The quantitative estimate of drug-likeness (QED) is 0.714. The van der Waals surface area contributed by atoms with Crippen LogP contribution in [0.25, 0.3) is 0 Å². The lowest BCUT2D eigenvalue weighted by molar-refractivity contribution is 0.130. The van der Waals surface area contributed by atoms with Crippen molar-refractivity contribution in [2.45, 2.75) is 45.4 Å². The van der Waals surface area contributed by atoms with Gasteiger partial charge in [-0.05, 0) is 51.1 Å². The first-order chi connectivity index (χ1) is 11.9. The van der Waals surface area contributed by atoms with E-state index in [1.807, 2.05) is 38.2 Å². The molecule has 2 atom stereocenters. The minimum atomic E-state index is -0.742. The molecule has 0 aliphatic heterocycles. The van der Waals surface area contributed by atoms with Crippen LogP contribution in [0.5, 0.6) is 0 Å². The summed E-state index contributed by atoms with van der Waals surface area (Å²) in [4.78, 5) is 14.3. The molecule has 136 valence electrons. The van der Waals surface area contributed by atoms with E-state index in [-0.39, 0.29) is 12.1 Å². The largest absolute Gasteiger partial charge is 0.467 e. The van der Waals surface area contributed by atoms with Crippen molar-refractivity contribution in [3.63, 3.8) is 0 Å². The number of amides is 2. The highest BCUT2D eigenvalue weighted by atomic mass is 16.4. The number of aliphatic hydroxyl groups excluding tert-OH is 1. The van der Waals surface area contributed by atoms with Crippen LogP contribution in [0.3, 0.4) is 0 Å². The molecule has 25 heavy (non-hydrogen) atoms. The molecule has 1 aromatic carbocycles. The number of benzene rings is 1.